The van der Waals surface area contributed by atoms with Gasteiger partial charge in [-0.3, -0.25) is 0 Å². The van der Waals surface area contributed by atoms with Crippen LogP contribution in [0.3, 0.4) is 0 Å². The van der Waals surface area contributed by atoms with Crippen LogP contribution in [-0.2, 0) is 22.3 Å². The molecule has 1 aromatic rings. The maximum atomic E-state index is 5.20. The van der Waals surface area contributed by atoms with Gasteiger partial charge in [-0.25, -0.2) is 0 Å². The Morgan fingerprint density at radius 1 is 0.800 bits per heavy atom. The molecule has 114 valence electrons. The zero-order valence-corrected chi connectivity index (χ0v) is 13.1. The normalized spacial score (nSPS) is 14.2. The second kappa shape index (κ2) is 9.88. The zero-order chi connectivity index (χ0) is 14.8. The molecular formula is C16H28N2O2. The molecule has 0 aliphatic heterocycles. The van der Waals surface area contributed by atoms with E-state index in [1.807, 2.05) is 14.1 Å². The van der Waals surface area contributed by atoms with Gasteiger partial charge < -0.3 is 20.1 Å². The molecule has 20 heavy (non-hydrogen) atoms. The number of hydrogen-bond donors (Lipinski definition) is 2. The van der Waals surface area contributed by atoms with E-state index < -0.39 is 0 Å². The van der Waals surface area contributed by atoms with Crippen molar-refractivity contribution in [1.29, 1.82) is 0 Å². The van der Waals surface area contributed by atoms with Crippen LogP contribution in [0.25, 0.3) is 0 Å². The lowest BCUT2D eigenvalue weighted by atomic mass is 10.0. The zero-order valence-electron chi connectivity index (χ0n) is 13.1. The quantitative estimate of drug-likeness (QED) is 0.677. The fourth-order valence-corrected chi connectivity index (χ4v) is 2.27. The molecule has 0 fully saturated rings. The van der Waals surface area contributed by atoms with Crippen LogP contribution in [0.15, 0.2) is 24.3 Å². The third kappa shape index (κ3) is 6.01. The summed E-state index contributed by atoms with van der Waals surface area (Å²) in [5.41, 5.74) is 2.66. The fraction of sp³-hybridized carbons (Fsp3) is 0.625. The van der Waals surface area contributed by atoms with Crippen molar-refractivity contribution in [3.05, 3.63) is 35.4 Å². The van der Waals surface area contributed by atoms with Gasteiger partial charge in [-0.05, 0) is 38.1 Å². The molecule has 4 nitrogen and oxygen atoms in total. The third-order valence-electron chi connectivity index (χ3n) is 3.54. The highest BCUT2D eigenvalue weighted by atomic mass is 16.5. The lowest BCUT2D eigenvalue weighted by Gasteiger charge is -2.17. The Morgan fingerprint density at radius 3 is 1.40 bits per heavy atom. The summed E-state index contributed by atoms with van der Waals surface area (Å²) >= 11 is 0. The smallest absolute Gasteiger partial charge is 0.0618 e. The van der Waals surface area contributed by atoms with Crippen molar-refractivity contribution >= 4 is 0 Å². The van der Waals surface area contributed by atoms with Crippen molar-refractivity contribution in [2.45, 2.75) is 24.9 Å². The van der Waals surface area contributed by atoms with Gasteiger partial charge in [0.05, 0.1) is 13.2 Å². The monoisotopic (exact) mass is 280 g/mol. The highest BCUT2D eigenvalue weighted by molar-refractivity contribution is 5.24. The molecule has 1 rings (SSSR count). The summed E-state index contributed by atoms with van der Waals surface area (Å²) in [7, 11) is 7.42. The molecule has 1 aromatic carbocycles. The predicted octanol–water partition coefficient (Wildman–Crippen LogP) is 1.24. The van der Waals surface area contributed by atoms with E-state index in [1.54, 1.807) is 14.2 Å². The van der Waals surface area contributed by atoms with E-state index in [9.17, 15) is 0 Å². The number of methoxy groups -OCH3 is 2. The largest absolute Gasteiger partial charge is 0.383 e. The Labute approximate surface area is 122 Å². The summed E-state index contributed by atoms with van der Waals surface area (Å²) in [4.78, 5) is 0. The number of benzene rings is 1. The molecule has 0 spiro atoms. The number of nitrogens with one attached hydrogen (secondary N) is 2. The third-order valence-corrected chi connectivity index (χ3v) is 3.54. The summed E-state index contributed by atoms with van der Waals surface area (Å²) in [6.07, 6.45) is 1.97. The summed E-state index contributed by atoms with van der Waals surface area (Å²) in [5.74, 6) is 0. The van der Waals surface area contributed by atoms with Gasteiger partial charge in [0.25, 0.3) is 0 Å². The average Bonchev–Trinajstić information content (AvgIpc) is 2.48. The molecule has 0 amide bonds. The molecule has 0 radical (unpaired) electrons. The molecule has 2 atom stereocenters. The Balaban J connectivity index is 2.54. The molecule has 4 heteroatoms. The van der Waals surface area contributed by atoms with Crippen LogP contribution in [0.1, 0.15) is 11.1 Å². The van der Waals surface area contributed by atoms with E-state index in [0.29, 0.717) is 12.1 Å². The van der Waals surface area contributed by atoms with Gasteiger partial charge in [0.1, 0.15) is 0 Å². The predicted molar refractivity (Wildman–Crippen MR) is 83.3 cm³/mol. The number of rotatable bonds is 10. The molecule has 0 saturated heterocycles. The minimum Gasteiger partial charge on any atom is -0.383 e. The van der Waals surface area contributed by atoms with Crippen molar-refractivity contribution < 1.29 is 9.47 Å². The van der Waals surface area contributed by atoms with Crippen molar-refractivity contribution in [2.24, 2.45) is 0 Å². The Hall–Kier alpha value is -0.940. The summed E-state index contributed by atoms with van der Waals surface area (Å²) in [5, 5.41) is 6.55. The second-order valence-electron chi connectivity index (χ2n) is 5.11. The van der Waals surface area contributed by atoms with Crippen molar-refractivity contribution in [3.63, 3.8) is 0 Å². The van der Waals surface area contributed by atoms with Crippen molar-refractivity contribution in [1.82, 2.24) is 10.6 Å². The first kappa shape index (κ1) is 17.1. The SMILES string of the molecule is CNC(COC)Cc1ccc(CC(COC)NC)cc1. The molecule has 0 aromatic heterocycles. The standard InChI is InChI=1S/C16H28N2O2/c1-17-15(11-19-3)9-13-5-7-14(8-6-13)10-16(18-2)12-20-4/h5-8,15-18H,9-12H2,1-4H3. The number of likely N-dealkylation sites (N-methyl/N-ethyl adjacent to an activating group) is 2. The molecule has 0 saturated carbocycles. The summed E-state index contributed by atoms with van der Waals surface area (Å²) < 4.78 is 10.4. The molecular weight excluding hydrogens is 252 g/mol. The summed E-state index contributed by atoms with van der Waals surface area (Å²) in [6, 6.07) is 9.54. The minimum atomic E-state index is 0.365. The lowest BCUT2D eigenvalue weighted by molar-refractivity contribution is 0.169. The Morgan fingerprint density at radius 2 is 1.15 bits per heavy atom. The van der Waals surface area contributed by atoms with Crippen LogP contribution in [0.5, 0.6) is 0 Å². The van der Waals surface area contributed by atoms with Crippen LogP contribution < -0.4 is 10.6 Å². The van der Waals surface area contributed by atoms with Gasteiger partial charge in [-0.15, -0.1) is 0 Å². The highest BCUT2D eigenvalue weighted by Gasteiger charge is 2.09. The van der Waals surface area contributed by atoms with Crippen LogP contribution in [0.2, 0.25) is 0 Å². The molecule has 0 heterocycles. The van der Waals surface area contributed by atoms with Crippen molar-refractivity contribution in [3.8, 4) is 0 Å². The molecule has 0 bridgehead atoms. The molecule has 0 aliphatic rings. The van der Waals surface area contributed by atoms with E-state index in [2.05, 4.69) is 34.9 Å². The summed E-state index contributed by atoms with van der Waals surface area (Å²) in [6.45, 7) is 1.46. The maximum Gasteiger partial charge on any atom is 0.0618 e. The van der Waals surface area contributed by atoms with E-state index in [-0.39, 0.29) is 0 Å². The van der Waals surface area contributed by atoms with Gasteiger partial charge >= 0.3 is 0 Å². The first-order chi connectivity index (χ1) is 9.73. The average molecular weight is 280 g/mol. The maximum absolute atomic E-state index is 5.20. The first-order valence-electron chi connectivity index (χ1n) is 7.13. The Kier molecular flexibility index (Phi) is 8.46. The molecule has 0 aliphatic carbocycles. The number of ether oxygens (including phenoxy) is 2. The highest BCUT2D eigenvalue weighted by Crippen LogP contribution is 2.09. The van der Waals surface area contributed by atoms with E-state index in [0.717, 1.165) is 26.1 Å². The van der Waals surface area contributed by atoms with E-state index in [4.69, 9.17) is 9.47 Å². The van der Waals surface area contributed by atoms with E-state index in [1.165, 1.54) is 11.1 Å². The molecule has 2 unspecified atom stereocenters. The van der Waals surface area contributed by atoms with Gasteiger partial charge in [-0.2, -0.15) is 0 Å². The van der Waals surface area contributed by atoms with Crippen LogP contribution in [-0.4, -0.2) is 53.6 Å². The van der Waals surface area contributed by atoms with E-state index >= 15 is 0 Å². The lowest BCUT2D eigenvalue weighted by Crippen LogP contribution is -2.32. The van der Waals surface area contributed by atoms with Crippen LogP contribution >= 0.6 is 0 Å². The first-order valence-corrected chi connectivity index (χ1v) is 7.13. The Bertz CT molecular complexity index is 319. The van der Waals surface area contributed by atoms with Gasteiger partial charge in [-0.1, -0.05) is 24.3 Å². The van der Waals surface area contributed by atoms with Crippen LogP contribution in [0, 0.1) is 0 Å². The fourth-order valence-electron chi connectivity index (χ4n) is 2.27. The van der Waals surface area contributed by atoms with Gasteiger partial charge in [0.15, 0.2) is 0 Å². The second-order valence-corrected chi connectivity index (χ2v) is 5.11. The number of hydrogen-bond acceptors (Lipinski definition) is 4. The van der Waals surface area contributed by atoms with Crippen LogP contribution in [0.4, 0.5) is 0 Å². The topological polar surface area (TPSA) is 42.5 Å². The van der Waals surface area contributed by atoms with Gasteiger partial charge in [0, 0.05) is 26.3 Å². The minimum absolute atomic E-state index is 0.365. The molecule has 2 N–H and O–H groups in total. The van der Waals surface area contributed by atoms with Crippen molar-refractivity contribution in [2.75, 3.05) is 41.5 Å². The van der Waals surface area contributed by atoms with Gasteiger partial charge in [0.2, 0.25) is 0 Å².